The van der Waals surface area contributed by atoms with Gasteiger partial charge in [-0.3, -0.25) is 10.1 Å². The van der Waals surface area contributed by atoms with Crippen LogP contribution in [0.5, 0.6) is 0 Å². The fraction of sp³-hybridized carbons (Fsp3) is 0.286. The molecule has 1 heterocycles. The molecule has 0 radical (unpaired) electrons. The van der Waals surface area contributed by atoms with Crippen molar-refractivity contribution in [3.8, 4) is 0 Å². The molecule has 1 aromatic carbocycles. The lowest BCUT2D eigenvalue weighted by Gasteiger charge is -2.24. The van der Waals surface area contributed by atoms with Crippen LogP contribution in [0.15, 0.2) is 28.7 Å². The van der Waals surface area contributed by atoms with Gasteiger partial charge in [0.2, 0.25) is 0 Å². The van der Waals surface area contributed by atoms with Gasteiger partial charge in [-0.15, -0.1) is 11.3 Å². The summed E-state index contributed by atoms with van der Waals surface area (Å²) in [5, 5.41) is 14.5. The van der Waals surface area contributed by atoms with Crippen molar-refractivity contribution in [2.75, 3.05) is 5.32 Å². The van der Waals surface area contributed by atoms with E-state index in [-0.39, 0.29) is 16.7 Å². The molecule has 1 atom stereocenters. The Bertz CT molecular complexity index is 704. The standard InChI is InChI=1S/C14H12BrIN2O2S/c15-10-5-4-8(6-12(10)18(19)20)17-11-2-1-3-13-9(11)7-14(16)21-13/h4-7,11,17H,1-3H2. The molecule has 0 fully saturated rings. The Morgan fingerprint density at radius 3 is 3.00 bits per heavy atom. The summed E-state index contributed by atoms with van der Waals surface area (Å²) >= 11 is 7.42. The van der Waals surface area contributed by atoms with Crippen LogP contribution in [0.3, 0.4) is 0 Å². The summed E-state index contributed by atoms with van der Waals surface area (Å²) in [4.78, 5) is 12.1. The van der Waals surface area contributed by atoms with Gasteiger partial charge in [0.25, 0.3) is 5.69 Å². The van der Waals surface area contributed by atoms with E-state index < -0.39 is 0 Å². The Labute approximate surface area is 148 Å². The molecule has 21 heavy (non-hydrogen) atoms. The second-order valence-electron chi connectivity index (χ2n) is 4.94. The minimum atomic E-state index is -0.366. The molecule has 0 amide bonds. The first-order valence-corrected chi connectivity index (χ1v) is 9.22. The molecule has 1 aliphatic rings. The lowest BCUT2D eigenvalue weighted by molar-refractivity contribution is -0.385. The second-order valence-corrected chi connectivity index (χ2v) is 8.83. The highest BCUT2D eigenvalue weighted by Crippen LogP contribution is 2.39. The van der Waals surface area contributed by atoms with E-state index in [1.165, 1.54) is 13.3 Å². The van der Waals surface area contributed by atoms with Gasteiger partial charge in [0.05, 0.1) is 18.3 Å². The summed E-state index contributed by atoms with van der Waals surface area (Å²) in [5.74, 6) is 0. The van der Waals surface area contributed by atoms with E-state index in [1.54, 1.807) is 12.1 Å². The number of rotatable bonds is 3. The van der Waals surface area contributed by atoms with Gasteiger partial charge in [0, 0.05) is 16.6 Å². The van der Waals surface area contributed by atoms with Crippen LogP contribution in [-0.2, 0) is 6.42 Å². The Kier molecular flexibility index (Phi) is 4.51. The quantitative estimate of drug-likeness (QED) is 0.359. The monoisotopic (exact) mass is 478 g/mol. The predicted octanol–water partition coefficient (Wildman–Crippen LogP) is 5.51. The molecule has 1 aromatic heterocycles. The van der Waals surface area contributed by atoms with Crippen molar-refractivity contribution in [2.24, 2.45) is 0 Å². The van der Waals surface area contributed by atoms with E-state index in [0.29, 0.717) is 4.47 Å². The Balaban J connectivity index is 1.88. The number of benzene rings is 1. The highest BCUT2D eigenvalue weighted by molar-refractivity contribution is 14.1. The van der Waals surface area contributed by atoms with Crippen LogP contribution in [0.2, 0.25) is 0 Å². The van der Waals surface area contributed by atoms with E-state index >= 15 is 0 Å². The van der Waals surface area contributed by atoms with Gasteiger partial charge in [0.1, 0.15) is 0 Å². The van der Waals surface area contributed by atoms with Crippen LogP contribution in [0, 0.1) is 13.0 Å². The summed E-state index contributed by atoms with van der Waals surface area (Å²) in [7, 11) is 0. The number of hydrogen-bond donors (Lipinski definition) is 1. The molecule has 1 unspecified atom stereocenters. The molecule has 4 nitrogen and oxygen atoms in total. The SMILES string of the molecule is O=[N+]([O-])c1cc(NC2CCCc3sc(I)cc32)ccc1Br. The third-order valence-electron chi connectivity index (χ3n) is 3.57. The number of nitrogens with one attached hydrogen (secondary N) is 1. The van der Waals surface area contributed by atoms with E-state index in [1.807, 2.05) is 17.4 Å². The first kappa shape index (κ1) is 15.2. The summed E-state index contributed by atoms with van der Waals surface area (Å²) in [5.41, 5.74) is 2.24. The molecule has 7 heteroatoms. The fourth-order valence-electron chi connectivity index (χ4n) is 2.61. The fourth-order valence-corrected chi connectivity index (χ4v) is 5.13. The van der Waals surface area contributed by atoms with Crippen molar-refractivity contribution < 1.29 is 4.92 Å². The third-order valence-corrected chi connectivity index (χ3v) is 6.21. The van der Waals surface area contributed by atoms with Crippen LogP contribution >= 0.6 is 49.9 Å². The summed E-state index contributed by atoms with van der Waals surface area (Å²) in [6.07, 6.45) is 3.35. The molecule has 0 saturated carbocycles. The van der Waals surface area contributed by atoms with Crippen LogP contribution in [0.4, 0.5) is 11.4 Å². The second kappa shape index (κ2) is 6.21. The Morgan fingerprint density at radius 1 is 1.43 bits per heavy atom. The number of nitro benzene ring substituents is 1. The average molecular weight is 479 g/mol. The zero-order valence-electron chi connectivity index (χ0n) is 10.9. The number of hydrogen-bond acceptors (Lipinski definition) is 4. The maximum absolute atomic E-state index is 11.0. The van der Waals surface area contributed by atoms with Crippen molar-refractivity contribution in [1.29, 1.82) is 0 Å². The number of aryl methyl sites for hydroxylation is 1. The van der Waals surface area contributed by atoms with Gasteiger partial charge in [-0.1, -0.05) is 0 Å². The van der Waals surface area contributed by atoms with Crippen LogP contribution in [0.25, 0.3) is 0 Å². The molecule has 110 valence electrons. The number of fused-ring (bicyclic) bond motifs is 1. The summed E-state index contributed by atoms with van der Waals surface area (Å²) < 4.78 is 1.81. The smallest absolute Gasteiger partial charge is 0.285 e. The topological polar surface area (TPSA) is 55.2 Å². The molecule has 1 N–H and O–H groups in total. The van der Waals surface area contributed by atoms with Gasteiger partial charge >= 0.3 is 0 Å². The van der Waals surface area contributed by atoms with Crippen molar-refractivity contribution in [1.82, 2.24) is 0 Å². The van der Waals surface area contributed by atoms with Crippen molar-refractivity contribution in [3.63, 3.8) is 0 Å². The molecule has 3 rings (SSSR count). The molecule has 0 bridgehead atoms. The van der Waals surface area contributed by atoms with E-state index in [2.05, 4.69) is 49.9 Å². The minimum Gasteiger partial charge on any atom is -0.378 e. The molecule has 2 aromatic rings. The van der Waals surface area contributed by atoms with E-state index in [4.69, 9.17) is 0 Å². The average Bonchev–Trinajstić information content (AvgIpc) is 2.82. The zero-order valence-corrected chi connectivity index (χ0v) is 15.5. The largest absolute Gasteiger partial charge is 0.378 e. The number of anilines is 1. The molecule has 0 saturated heterocycles. The highest BCUT2D eigenvalue weighted by atomic mass is 127. The van der Waals surface area contributed by atoms with E-state index in [9.17, 15) is 10.1 Å². The normalized spacial score (nSPS) is 17.3. The van der Waals surface area contributed by atoms with Crippen molar-refractivity contribution >= 4 is 61.2 Å². The molecule has 1 aliphatic carbocycles. The van der Waals surface area contributed by atoms with Gasteiger partial charge in [0.15, 0.2) is 0 Å². The number of thiophene rings is 1. The Morgan fingerprint density at radius 2 is 2.24 bits per heavy atom. The summed E-state index contributed by atoms with van der Waals surface area (Å²) in [6.45, 7) is 0. The van der Waals surface area contributed by atoms with Crippen LogP contribution in [-0.4, -0.2) is 4.92 Å². The van der Waals surface area contributed by atoms with Gasteiger partial charge in [-0.25, -0.2) is 0 Å². The Hall–Kier alpha value is -0.670. The number of nitro groups is 1. The first-order chi connectivity index (χ1) is 10.0. The number of halogens is 2. The minimum absolute atomic E-state index is 0.0935. The molecule has 0 aliphatic heterocycles. The zero-order chi connectivity index (χ0) is 15.0. The van der Waals surface area contributed by atoms with E-state index in [0.717, 1.165) is 24.9 Å². The number of nitrogens with zero attached hydrogens (tertiary/aromatic N) is 1. The summed E-state index contributed by atoms with van der Waals surface area (Å²) in [6, 6.07) is 7.67. The molecule has 0 spiro atoms. The van der Waals surface area contributed by atoms with Crippen LogP contribution < -0.4 is 5.32 Å². The highest BCUT2D eigenvalue weighted by Gasteiger charge is 2.23. The molecular formula is C14H12BrIN2O2S. The van der Waals surface area contributed by atoms with Crippen molar-refractivity contribution in [2.45, 2.75) is 25.3 Å². The lowest BCUT2D eigenvalue weighted by atomic mass is 9.94. The van der Waals surface area contributed by atoms with Gasteiger partial charge < -0.3 is 5.32 Å². The maximum atomic E-state index is 11.0. The lowest BCUT2D eigenvalue weighted by Crippen LogP contribution is -2.15. The van der Waals surface area contributed by atoms with Gasteiger partial charge in [-0.2, -0.15) is 0 Å². The predicted molar refractivity (Wildman–Crippen MR) is 97.1 cm³/mol. The van der Waals surface area contributed by atoms with Gasteiger partial charge in [-0.05, 0) is 81.5 Å². The first-order valence-electron chi connectivity index (χ1n) is 6.53. The van der Waals surface area contributed by atoms with Crippen LogP contribution in [0.1, 0.15) is 29.3 Å². The van der Waals surface area contributed by atoms with Crippen molar-refractivity contribution in [3.05, 3.63) is 52.2 Å². The molecular weight excluding hydrogens is 467 g/mol. The maximum Gasteiger partial charge on any atom is 0.285 e. The third kappa shape index (κ3) is 3.24.